The van der Waals surface area contributed by atoms with E-state index in [0.717, 1.165) is 37.4 Å². The zero-order chi connectivity index (χ0) is 15.8. The van der Waals surface area contributed by atoms with Gasteiger partial charge in [-0.25, -0.2) is 8.78 Å². The highest BCUT2D eigenvalue weighted by Crippen LogP contribution is 2.39. The summed E-state index contributed by atoms with van der Waals surface area (Å²) in [6, 6.07) is 15.2. The molecular weight excluding hydrogens is 292 g/mol. The van der Waals surface area contributed by atoms with E-state index in [4.69, 9.17) is 0 Å². The molecule has 0 amide bonds. The lowest BCUT2D eigenvalue weighted by Crippen LogP contribution is -2.37. The summed E-state index contributed by atoms with van der Waals surface area (Å²) in [5, 5.41) is 0. The Morgan fingerprint density at radius 3 is 2.57 bits per heavy atom. The van der Waals surface area contributed by atoms with Crippen LogP contribution in [0.1, 0.15) is 30.4 Å². The van der Waals surface area contributed by atoms with E-state index in [2.05, 4.69) is 35.2 Å². The molecule has 4 rings (SSSR count). The molecule has 2 unspecified atom stereocenters. The minimum Gasteiger partial charge on any atom is -0.289 e. The van der Waals surface area contributed by atoms with Crippen LogP contribution in [-0.2, 0) is 6.54 Å². The first-order valence-electron chi connectivity index (χ1n) is 8.16. The maximum absolute atomic E-state index is 14.1. The Morgan fingerprint density at radius 1 is 1.00 bits per heavy atom. The van der Waals surface area contributed by atoms with Gasteiger partial charge in [-0.3, -0.25) is 4.90 Å². The van der Waals surface area contributed by atoms with Crippen LogP contribution in [-0.4, -0.2) is 17.0 Å². The fourth-order valence-electron chi connectivity index (χ4n) is 3.91. The molecule has 0 aliphatic carbocycles. The van der Waals surface area contributed by atoms with E-state index in [1.165, 1.54) is 11.6 Å². The first-order chi connectivity index (χ1) is 11.2. The topological polar surface area (TPSA) is 3.24 Å². The number of hydrogen-bond donors (Lipinski definition) is 0. The molecule has 2 aromatic rings. The lowest BCUT2D eigenvalue weighted by atomic mass is 9.94. The van der Waals surface area contributed by atoms with Gasteiger partial charge in [0.05, 0.1) is 0 Å². The monoisotopic (exact) mass is 311 g/mol. The molecule has 1 fully saturated rings. The molecule has 1 saturated heterocycles. The van der Waals surface area contributed by atoms with Crippen LogP contribution in [0.2, 0.25) is 0 Å². The van der Waals surface area contributed by atoms with Crippen LogP contribution in [0.15, 0.2) is 54.6 Å². The van der Waals surface area contributed by atoms with E-state index in [-0.39, 0.29) is 0 Å². The van der Waals surface area contributed by atoms with Gasteiger partial charge in [0, 0.05) is 30.3 Å². The summed E-state index contributed by atoms with van der Waals surface area (Å²) in [6.45, 7) is 0.936. The van der Waals surface area contributed by atoms with Crippen LogP contribution in [0.25, 0.3) is 5.57 Å². The molecule has 0 aromatic heterocycles. The molecule has 23 heavy (non-hydrogen) atoms. The van der Waals surface area contributed by atoms with Crippen LogP contribution in [0.5, 0.6) is 0 Å². The van der Waals surface area contributed by atoms with E-state index in [0.29, 0.717) is 17.6 Å². The number of rotatable bonds is 3. The summed E-state index contributed by atoms with van der Waals surface area (Å²) < 4.78 is 27.2. The third-order valence-corrected chi connectivity index (χ3v) is 5.02. The Balaban J connectivity index is 1.59. The molecule has 3 heteroatoms. The Morgan fingerprint density at radius 2 is 1.83 bits per heavy atom. The second kappa shape index (κ2) is 5.89. The lowest BCUT2D eigenvalue weighted by molar-refractivity contribution is 0.203. The first-order valence-corrected chi connectivity index (χ1v) is 8.16. The average Bonchev–Trinajstić information content (AvgIpc) is 2.78. The SMILES string of the molecule is Fc1ccc(C2=CC3CCC(C2)N3Cc2ccccc2)c(F)c1. The van der Waals surface area contributed by atoms with Crippen LogP contribution < -0.4 is 0 Å². The predicted octanol–water partition coefficient (Wildman–Crippen LogP) is 4.79. The third kappa shape index (κ3) is 2.81. The Bertz CT molecular complexity index is 739. The maximum Gasteiger partial charge on any atom is 0.133 e. The standard InChI is InChI=1S/C20H19F2N/c21-16-6-9-19(20(22)12-16)15-10-17-7-8-18(11-15)23(17)13-14-4-2-1-3-5-14/h1-6,9-10,12,17-18H,7-8,11,13H2. The molecule has 2 aliphatic heterocycles. The summed E-state index contributed by atoms with van der Waals surface area (Å²) in [4.78, 5) is 2.51. The van der Waals surface area contributed by atoms with Crippen molar-refractivity contribution in [3.05, 3.63) is 77.4 Å². The number of nitrogens with zero attached hydrogens (tertiary/aromatic N) is 1. The molecule has 2 bridgehead atoms. The maximum atomic E-state index is 14.1. The fraction of sp³-hybridized carbons (Fsp3) is 0.300. The van der Waals surface area contributed by atoms with Crippen LogP contribution in [0, 0.1) is 11.6 Å². The van der Waals surface area contributed by atoms with Gasteiger partial charge >= 0.3 is 0 Å². The number of benzene rings is 2. The molecule has 118 valence electrons. The quantitative estimate of drug-likeness (QED) is 0.788. The molecule has 0 radical (unpaired) electrons. The molecule has 2 heterocycles. The summed E-state index contributed by atoms with van der Waals surface area (Å²) in [5.74, 6) is -0.969. The number of hydrogen-bond acceptors (Lipinski definition) is 1. The molecular formula is C20H19F2N. The normalized spacial score (nSPS) is 23.8. The molecule has 2 aromatic carbocycles. The van der Waals surface area contributed by atoms with Crippen molar-refractivity contribution in [1.82, 2.24) is 4.90 Å². The van der Waals surface area contributed by atoms with Crippen molar-refractivity contribution in [2.24, 2.45) is 0 Å². The molecule has 2 atom stereocenters. The molecule has 2 aliphatic rings. The van der Waals surface area contributed by atoms with Gasteiger partial charge in [-0.05, 0) is 42.5 Å². The summed E-state index contributed by atoms with van der Waals surface area (Å²) >= 11 is 0. The molecule has 1 nitrogen and oxygen atoms in total. The van der Waals surface area contributed by atoms with Crippen LogP contribution >= 0.6 is 0 Å². The van der Waals surface area contributed by atoms with E-state index in [9.17, 15) is 8.78 Å². The van der Waals surface area contributed by atoms with Gasteiger partial charge in [0.2, 0.25) is 0 Å². The second-order valence-corrected chi connectivity index (χ2v) is 6.48. The van der Waals surface area contributed by atoms with E-state index in [1.807, 2.05) is 6.07 Å². The Hall–Kier alpha value is -2.00. The van der Waals surface area contributed by atoms with Crippen molar-refractivity contribution in [3.8, 4) is 0 Å². The number of halogens is 2. The van der Waals surface area contributed by atoms with E-state index >= 15 is 0 Å². The minimum atomic E-state index is -0.517. The van der Waals surface area contributed by atoms with E-state index < -0.39 is 11.6 Å². The lowest BCUT2D eigenvalue weighted by Gasteiger charge is -2.34. The smallest absolute Gasteiger partial charge is 0.133 e. The number of fused-ring (bicyclic) bond motifs is 2. The fourth-order valence-corrected chi connectivity index (χ4v) is 3.91. The largest absolute Gasteiger partial charge is 0.289 e. The van der Waals surface area contributed by atoms with Crippen molar-refractivity contribution in [2.75, 3.05) is 0 Å². The first kappa shape index (κ1) is 14.6. The Kier molecular flexibility index (Phi) is 3.74. The van der Waals surface area contributed by atoms with E-state index in [1.54, 1.807) is 6.07 Å². The average molecular weight is 311 g/mol. The van der Waals surface area contributed by atoms with Crippen molar-refractivity contribution in [3.63, 3.8) is 0 Å². The highest BCUT2D eigenvalue weighted by molar-refractivity contribution is 5.68. The van der Waals surface area contributed by atoms with Gasteiger partial charge < -0.3 is 0 Å². The summed E-state index contributed by atoms with van der Waals surface area (Å²) in [5.41, 5.74) is 2.90. The molecule has 0 spiro atoms. The predicted molar refractivity (Wildman–Crippen MR) is 87.7 cm³/mol. The third-order valence-electron chi connectivity index (χ3n) is 5.02. The van der Waals surface area contributed by atoms with Gasteiger partial charge in [0.1, 0.15) is 11.6 Å². The second-order valence-electron chi connectivity index (χ2n) is 6.48. The molecule has 0 saturated carbocycles. The van der Waals surface area contributed by atoms with Gasteiger partial charge in [-0.1, -0.05) is 36.4 Å². The van der Waals surface area contributed by atoms with Crippen molar-refractivity contribution in [2.45, 2.75) is 37.9 Å². The van der Waals surface area contributed by atoms with Gasteiger partial charge in [0.15, 0.2) is 0 Å². The van der Waals surface area contributed by atoms with Crippen molar-refractivity contribution >= 4 is 5.57 Å². The highest BCUT2D eigenvalue weighted by Gasteiger charge is 2.36. The van der Waals surface area contributed by atoms with Crippen molar-refractivity contribution in [1.29, 1.82) is 0 Å². The molecule has 0 N–H and O–H groups in total. The highest BCUT2D eigenvalue weighted by atomic mass is 19.1. The van der Waals surface area contributed by atoms with Crippen LogP contribution in [0.4, 0.5) is 8.78 Å². The zero-order valence-corrected chi connectivity index (χ0v) is 12.9. The van der Waals surface area contributed by atoms with Crippen LogP contribution in [0.3, 0.4) is 0 Å². The summed E-state index contributed by atoms with van der Waals surface area (Å²) in [6.07, 6.45) is 5.28. The van der Waals surface area contributed by atoms with Gasteiger partial charge in [-0.2, -0.15) is 0 Å². The van der Waals surface area contributed by atoms with Gasteiger partial charge in [-0.15, -0.1) is 0 Å². The van der Waals surface area contributed by atoms with Gasteiger partial charge in [0.25, 0.3) is 0 Å². The minimum absolute atomic E-state index is 0.355. The Labute approximate surface area is 135 Å². The van der Waals surface area contributed by atoms with Crippen molar-refractivity contribution < 1.29 is 8.78 Å². The summed E-state index contributed by atoms with van der Waals surface area (Å²) in [7, 11) is 0. The zero-order valence-electron chi connectivity index (χ0n) is 12.9.